The molecule has 0 bridgehead atoms. The van der Waals surface area contributed by atoms with Gasteiger partial charge in [-0.3, -0.25) is 0 Å². The smallest absolute Gasteiger partial charge is 0.00720 e. The molecular formula is C14H23NS. The minimum Gasteiger partial charge on any atom is -0.330 e. The number of rotatable bonds is 6. The Hall–Kier alpha value is -0.470. The molecular weight excluding hydrogens is 214 g/mol. The second-order valence-corrected chi connectivity index (χ2v) is 5.86. The van der Waals surface area contributed by atoms with Gasteiger partial charge in [0.05, 0.1) is 0 Å². The monoisotopic (exact) mass is 237 g/mol. The molecule has 2 heteroatoms. The van der Waals surface area contributed by atoms with E-state index in [1.165, 1.54) is 10.5 Å². The Labute approximate surface area is 104 Å². The van der Waals surface area contributed by atoms with Crippen LogP contribution in [0.1, 0.15) is 26.3 Å². The first-order valence-corrected chi connectivity index (χ1v) is 7.07. The van der Waals surface area contributed by atoms with Crippen molar-refractivity contribution in [2.75, 3.05) is 12.3 Å². The van der Waals surface area contributed by atoms with Crippen molar-refractivity contribution in [1.29, 1.82) is 0 Å². The standard InChI is InChI=1S/C14H23NS/c1-4-16-14-7-5-12(6-8-14)9-13(10-15)11(2)3/h5-8,11,13H,4,9-10,15H2,1-3H3. The van der Waals surface area contributed by atoms with Gasteiger partial charge in [-0.25, -0.2) is 0 Å². The summed E-state index contributed by atoms with van der Waals surface area (Å²) in [6.45, 7) is 7.46. The Bertz CT molecular complexity index is 292. The molecule has 1 aromatic rings. The van der Waals surface area contributed by atoms with E-state index in [0.29, 0.717) is 11.8 Å². The SMILES string of the molecule is CCSc1ccc(CC(CN)C(C)C)cc1. The summed E-state index contributed by atoms with van der Waals surface area (Å²) in [5, 5.41) is 0. The Balaban J connectivity index is 2.60. The highest BCUT2D eigenvalue weighted by atomic mass is 32.2. The maximum absolute atomic E-state index is 5.80. The van der Waals surface area contributed by atoms with Crippen LogP contribution in [0.3, 0.4) is 0 Å². The highest BCUT2D eigenvalue weighted by molar-refractivity contribution is 7.99. The van der Waals surface area contributed by atoms with E-state index in [2.05, 4.69) is 45.0 Å². The number of hydrogen-bond donors (Lipinski definition) is 1. The highest BCUT2D eigenvalue weighted by Gasteiger charge is 2.11. The van der Waals surface area contributed by atoms with E-state index in [-0.39, 0.29) is 0 Å². The topological polar surface area (TPSA) is 26.0 Å². The summed E-state index contributed by atoms with van der Waals surface area (Å²) in [5.74, 6) is 2.40. The molecule has 0 aliphatic heterocycles. The quantitative estimate of drug-likeness (QED) is 0.765. The first kappa shape index (κ1) is 13.6. The molecule has 1 atom stereocenters. The lowest BCUT2D eigenvalue weighted by Crippen LogP contribution is -2.22. The summed E-state index contributed by atoms with van der Waals surface area (Å²) in [4.78, 5) is 1.36. The predicted molar refractivity (Wildman–Crippen MR) is 73.9 cm³/mol. The molecule has 16 heavy (non-hydrogen) atoms. The maximum atomic E-state index is 5.80. The molecule has 0 aliphatic rings. The fourth-order valence-electron chi connectivity index (χ4n) is 1.78. The van der Waals surface area contributed by atoms with Crippen LogP contribution in [-0.4, -0.2) is 12.3 Å². The Kier molecular flexibility index (Phi) is 5.93. The zero-order chi connectivity index (χ0) is 12.0. The van der Waals surface area contributed by atoms with Crippen molar-refractivity contribution in [2.45, 2.75) is 32.1 Å². The van der Waals surface area contributed by atoms with Crippen LogP contribution in [0.5, 0.6) is 0 Å². The van der Waals surface area contributed by atoms with Crippen LogP contribution in [0.4, 0.5) is 0 Å². The van der Waals surface area contributed by atoms with Crippen molar-refractivity contribution in [2.24, 2.45) is 17.6 Å². The van der Waals surface area contributed by atoms with Crippen molar-refractivity contribution in [3.8, 4) is 0 Å². The van der Waals surface area contributed by atoms with Crippen LogP contribution in [0, 0.1) is 11.8 Å². The minimum atomic E-state index is 0.602. The fourth-order valence-corrected chi connectivity index (χ4v) is 2.44. The number of hydrogen-bond acceptors (Lipinski definition) is 2. The lowest BCUT2D eigenvalue weighted by atomic mass is 9.89. The third kappa shape index (κ3) is 4.18. The zero-order valence-corrected chi connectivity index (χ0v) is 11.4. The Morgan fingerprint density at radius 3 is 2.25 bits per heavy atom. The van der Waals surface area contributed by atoms with Crippen LogP contribution in [0.2, 0.25) is 0 Å². The molecule has 1 aromatic carbocycles. The van der Waals surface area contributed by atoms with Gasteiger partial charge < -0.3 is 5.73 Å². The van der Waals surface area contributed by atoms with Crippen molar-refractivity contribution in [3.63, 3.8) is 0 Å². The average Bonchev–Trinajstić information content (AvgIpc) is 2.28. The number of nitrogens with two attached hydrogens (primary N) is 1. The number of benzene rings is 1. The summed E-state index contributed by atoms with van der Waals surface area (Å²) >= 11 is 1.89. The van der Waals surface area contributed by atoms with Crippen molar-refractivity contribution in [1.82, 2.24) is 0 Å². The third-order valence-electron chi connectivity index (χ3n) is 2.98. The molecule has 90 valence electrons. The van der Waals surface area contributed by atoms with Crippen LogP contribution in [-0.2, 0) is 6.42 Å². The molecule has 0 radical (unpaired) electrons. The van der Waals surface area contributed by atoms with E-state index in [1.807, 2.05) is 11.8 Å². The van der Waals surface area contributed by atoms with E-state index in [9.17, 15) is 0 Å². The molecule has 1 nitrogen and oxygen atoms in total. The first-order valence-electron chi connectivity index (χ1n) is 6.09. The van der Waals surface area contributed by atoms with Gasteiger partial charge in [-0.05, 0) is 48.3 Å². The van der Waals surface area contributed by atoms with Crippen LogP contribution in [0.25, 0.3) is 0 Å². The van der Waals surface area contributed by atoms with Crippen molar-refractivity contribution < 1.29 is 0 Å². The summed E-state index contributed by atoms with van der Waals surface area (Å²) in [6.07, 6.45) is 1.10. The number of thioether (sulfide) groups is 1. The second-order valence-electron chi connectivity index (χ2n) is 4.52. The summed E-state index contributed by atoms with van der Waals surface area (Å²) in [7, 11) is 0. The molecule has 0 aliphatic carbocycles. The van der Waals surface area contributed by atoms with E-state index < -0.39 is 0 Å². The first-order chi connectivity index (χ1) is 7.67. The zero-order valence-electron chi connectivity index (χ0n) is 10.6. The van der Waals surface area contributed by atoms with Gasteiger partial charge in [0.2, 0.25) is 0 Å². The Morgan fingerprint density at radius 1 is 1.19 bits per heavy atom. The maximum Gasteiger partial charge on any atom is 0.00720 e. The molecule has 0 fully saturated rings. The summed E-state index contributed by atoms with van der Waals surface area (Å²) in [5.41, 5.74) is 7.20. The highest BCUT2D eigenvalue weighted by Crippen LogP contribution is 2.21. The lowest BCUT2D eigenvalue weighted by Gasteiger charge is -2.18. The molecule has 0 aromatic heterocycles. The summed E-state index contributed by atoms with van der Waals surface area (Å²) in [6, 6.07) is 8.92. The second kappa shape index (κ2) is 6.97. The average molecular weight is 237 g/mol. The normalized spacial score (nSPS) is 13.1. The van der Waals surface area contributed by atoms with Gasteiger partial charge in [0.1, 0.15) is 0 Å². The molecule has 0 saturated heterocycles. The van der Waals surface area contributed by atoms with E-state index in [4.69, 9.17) is 5.73 Å². The lowest BCUT2D eigenvalue weighted by molar-refractivity contribution is 0.392. The Morgan fingerprint density at radius 2 is 1.81 bits per heavy atom. The van der Waals surface area contributed by atoms with Crippen molar-refractivity contribution in [3.05, 3.63) is 29.8 Å². The molecule has 0 spiro atoms. The van der Waals surface area contributed by atoms with E-state index in [1.54, 1.807) is 0 Å². The van der Waals surface area contributed by atoms with Crippen LogP contribution in [0.15, 0.2) is 29.2 Å². The molecule has 0 saturated carbocycles. The van der Waals surface area contributed by atoms with Gasteiger partial charge in [-0.1, -0.05) is 32.9 Å². The largest absolute Gasteiger partial charge is 0.330 e. The van der Waals surface area contributed by atoms with Crippen molar-refractivity contribution >= 4 is 11.8 Å². The van der Waals surface area contributed by atoms with Crippen LogP contribution < -0.4 is 5.73 Å². The van der Waals surface area contributed by atoms with Gasteiger partial charge in [0.15, 0.2) is 0 Å². The minimum absolute atomic E-state index is 0.602. The fraction of sp³-hybridized carbons (Fsp3) is 0.571. The van der Waals surface area contributed by atoms with Gasteiger partial charge in [0.25, 0.3) is 0 Å². The van der Waals surface area contributed by atoms with Gasteiger partial charge in [-0.2, -0.15) is 0 Å². The van der Waals surface area contributed by atoms with Gasteiger partial charge >= 0.3 is 0 Å². The molecule has 0 amide bonds. The summed E-state index contributed by atoms with van der Waals surface area (Å²) < 4.78 is 0. The molecule has 2 N–H and O–H groups in total. The van der Waals surface area contributed by atoms with Crippen LogP contribution >= 0.6 is 11.8 Å². The molecule has 1 rings (SSSR count). The van der Waals surface area contributed by atoms with E-state index >= 15 is 0 Å². The third-order valence-corrected chi connectivity index (χ3v) is 3.87. The molecule has 0 heterocycles. The molecule has 1 unspecified atom stereocenters. The van der Waals surface area contributed by atoms with Gasteiger partial charge in [-0.15, -0.1) is 11.8 Å². The van der Waals surface area contributed by atoms with E-state index in [0.717, 1.165) is 18.7 Å². The van der Waals surface area contributed by atoms with Gasteiger partial charge in [0, 0.05) is 4.90 Å². The predicted octanol–water partition coefficient (Wildman–Crippen LogP) is 3.57.